The Morgan fingerprint density at radius 1 is 0.857 bits per heavy atom. The minimum Gasteiger partial charge on any atom is -0.341 e. The molecule has 3 aromatic carbocycles. The molecule has 1 aromatic heterocycles. The van der Waals surface area contributed by atoms with Gasteiger partial charge in [0.25, 0.3) is 0 Å². The molecule has 0 saturated heterocycles. The van der Waals surface area contributed by atoms with Crippen LogP contribution in [0.25, 0.3) is 21.8 Å². The molecule has 0 aliphatic rings. The van der Waals surface area contributed by atoms with E-state index in [1.807, 2.05) is 36.4 Å². The van der Waals surface area contributed by atoms with Gasteiger partial charge < -0.3 is 4.57 Å². The van der Waals surface area contributed by atoms with Gasteiger partial charge in [-0.1, -0.05) is 23.2 Å². The van der Waals surface area contributed by atoms with Crippen molar-refractivity contribution < 1.29 is 9.59 Å². The Hall–Kier alpha value is -2.62. The van der Waals surface area contributed by atoms with Crippen LogP contribution in [0.5, 0.6) is 0 Å². The van der Waals surface area contributed by atoms with Gasteiger partial charge in [0.2, 0.25) is 0 Å². The quantitative estimate of drug-likeness (QED) is 0.358. The molecule has 0 spiro atoms. The third-order valence-corrected chi connectivity index (χ3v) is 5.57. The molecule has 28 heavy (non-hydrogen) atoms. The monoisotopic (exact) mass is 409 g/mol. The van der Waals surface area contributed by atoms with E-state index in [1.165, 1.54) is 0 Å². The number of hydrogen-bond acceptors (Lipinski definition) is 2. The van der Waals surface area contributed by atoms with Crippen LogP contribution >= 0.6 is 23.2 Å². The molecular formula is C23H17Cl2NO2. The van der Waals surface area contributed by atoms with Crippen LogP contribution < -0.4 is 0 Å². The molecule has 4 rings (SSSR count). The van der Waals surface area contributed by atoms with Crippen LogP contribution in [0.1, 0.15) is 40.1 Å². The van der Waals surface area contributed by atoms with Crippen LogP contribution in [-0.2, 0) is 6.54 Å². The molecule has 3 nitrogen and oxygen atoms in total. The Morgan fingerprint density at radius 2 is 1.46 bits per heavy atom. The maximum absolute atomic E-state index is 13.0. The number of fused-ring (bicyclic) bond motifs is 3. The van der Waals surface area contributed by atoms with Gasteiger partial charge in [0.15, 0.2) is 11.6 Å². The third kappa shape index (κ3) is 3.01. The van der Waals surface area contributed by atoms with Crippen molar-refractivity contribution in [2.24, 2.45) is 0 Å². The van der Waals surface area contributed by atoms with Gasteiger partial charge in [0, 0.05) is 50.1 Å². The number of ketones is 2. The SMILES string of the molecule is CCn1c2ccc(C(C)=O)cc2c2cc(C(=O)c3ccc(Cl)cc3Cl)ccc21. The zero-order valence-electron chi connectivity index (χ0n) is 15.4. The summed E-state index contributed by atoms with van der Waals surface area (Å²) in [6.45, 7) is 4.41. The summed E-state index contributed by atoms with van der Waals surface area (Å²) < 4.78 is 2.18. The standard InChI is InChI=1S/C23H17Cl2NO2/c1-3-26-21-8-4-14(13(2)27)10-18(21)19-11-15(5-9-22(19)26)23(28)17-7-6-16(24)12-20(17)25/h4-12H,3H2,1-2H3. The first-order valence-electron chi connectivity index (χ1n) is 8.97. The summed E-state index contributed by atoms with van der Waals surface area (Å²) >= 11 is 12.2. The number of nitrogens with zero attached hydrogens (tertiary/aromatic N) is 1. The normalized spacial score (nSPS) is 11.3. The second-order valence-corrected chi connectivity index (χ2v) is 7.56. The summed E-state index contributed by atoms with van der Waals surface area (Å²) in [6.07, 6.45) is 0. The molecule has 0 atom stereocenters. The molecule has 4 aromatic rings. The highest BCUT2D eigenvalue weighted by Crippen LogP contribution is 2.32. The average Bonchev–Trinajstić information content (AvgIpc) is 2.99. The van der Waals surface area contributed by atoms with E-state index < -0.39 is 0 Å². The zero-order chi connectivity index (χ0) is 20.0. The lowest BCUT2D eigenvalue weighted by atomic mass is 10.0. The topological polar surface area (TPSA) is 39.1 Å². The molecule has 0 unspecified atom stereocenters. The minimum atomic E-state index is -0.163. The molecular weight excluding hydrogens is 393 g/mol. The van der Waals surface area contributed by atoms with E-state index in [1.54, 1.807) is 25.1 Å². The smallest absolute Gasteiger partial charge is 0.194 e. The Labute approximate surface area is 172 Å². The maximum atomic E-state index is 13.0. The fourth-order valence-corrected chi connectivity index (χ4v) is 4.13. The minimum absolute atomic E-state index is 0.0134. The molecule has 1 heterocycles. The number of carbonyl (C=O) groups is 2. The summed E-state index contributed by atoms with van der Waals surface area (Å²) in [4.78, 5) is 24.9. The molecule has 0 aliphatic carbocycles. The Morgan fingerprint density at radius 3 is 2.04 bits per heavy atom. The number of Topliss-reactive ketones (excluding diaryl/α,β-unsaturated/α-hetero) is 1. The summed E-state index contributed by atoms with van der Waals surface area (Å²) in [5.41, 5.74) is 3.67. The molecule has 5 heteroatoms. The van der Waals surface area contributed by atoms with Gasteiger partial charge in [0.05, 0.1) is 5.02 Å². The van der Waals surface area contributed by atoms with Gasteiger partial charge in [-0.05, 0) is 68.4 Å². The number of hydrogen-bond donors (Lipinski definition) is 0. The molecule has 0 radical (unpaired) electrons. The molecule has 0 saturated carbocycles. The molecule has 0 bridgehead atoms. The zero-order valence-corrected chi connectivity index (χ0v) is 16.9. The Bertz CT molecular complexity index is 1270. The van der Waals surface area contributed by atoms with Crippen LogP contribution in [0.15, 0.2) is 54.6 Å². The van der Waals surface area contributed by atoms with Gasteiger partial charge in [0.1, 0.15) is 0 Å². The van der Waals surface area contributed by atoms with Gasteiger partial charge >= 0.3 is 0 Å². The highest BCUT2D eigenvalue weighted by molar-refractivity contribution is 6.37. The van der Waals surface area contributed by atoms with Crippen molar-refractivity contribution >= 4 is 56.6 Å². The van der Waals surface area contributed by atoms with Crippen LogP contribution in [0, 0.1) is 0 Å². The predicted molar refractivity (Wildman–Crippen MR) is 115 cm³/mol. The van der Waals surface area contributed by atoms with Crippen LogP contribution in [0.4, 0.5) is 0 Å². The molecule has 0 amide bonds. The molecule has 140 valence electrons. The van der Waals surface area contributed by atoms with Crippen molar-refractivity contribution in [3.63, 3.8) is 0 Å². The van der Waals surface area contributed by atoms with Gasteiger partial charge in [-0.15, -0.1) is 0 Å². The highest BCUT2D eigenvalue weighted by atomic mass is 35.5. The van der Waals surface area contributed by atoms with E-state index in [0.717, 1.165) is 28.4 Å². The number of rotatable bonds is 4. The summed E-state index contributed by atoms with van der Waals surface area (Å²) in [5.74, 6) is -0.150. The van der Waals surface area contributed by atoms with E-state index in [4.69, 9.17) is 23.2 Å². The van der Waals surface area contributed by atoms with Crippen molar-refractivity contribution in [1.29, 1.82) is 0 Å². The first kappa shape index (κ1) is 18.7. The maximum Gasteiger partial charge on any atom is 0.194 e. The van der Waals surface area contributed by atoms with Crippen LogP contribution in [0.3, 0.4) is 0 Å². The number of carbonyl (C=O) groups excluding carboxylic acids is 2. The lowest BCUT2D eigenvalue weighted by Gasteiger charge is -2.06. The Balaban J connectivity index is 1.94. The van der Waals surface area contributed by atoms with E-state index in [0.29, 0.717) is 26.7 Å². The number of halogens is 2. The van der Waals surface area contributed by atoms with Crippen molar-refractivity contribution in [2.45, 2.75) is 20.4 Å². The molecule has 0 N–H and O–H groups in total. The third-order valence-electron chi connectivity index (χ3n) is 5.03. The number of benzene rings is 3. The van der Waals surface area contributed by atoms with Crippen molar-refractivity contribution in [1.82, 2.24) is 4.57 Å². The van der Waals surface area contributed by atoms with Crippen molar-refractivity contribution in [3.05, 3.63) is 81.3 Å². The van der Waals surface area contributed by atoms with E-state index in [9.17, 15) is 9.59 Å². The van der Waals surface area contributed by atoms with Crippen LogP contribution in [0.2, 0.25) is 10.0 Å². The van der Waals surface area contributed by atoms with Gasteiger partial charge in [-0.3, -0.25) is 9.59 Å². The lowest BCUT2D eigenvalue weighted by molar-refractivity contribution is 0.101. The second kappa shape index (κ2) is 7.08. The van der Waals surface area contributed by atoms with Crippen LogP contribution in [-0.4, -0.2) is 16.1 Å². The lowest BCUT2D eigenvalue weighted by Crippen LogP contribution is -2.02. The summed E-state index contributed by atoms with van der Waals surface area (Å²) in [5, 5.41) is 2.71. The second-order valence-electron chi connectivity index (χ2n) is 6.72. The van der Waals surface area contributed by atoms with Crippen molar-refractivity contribution in [2.75, 3.05) is 0 Å². The average molecular weight is 410 g/mol. The van der Waals surface area contributed by atoms with Crippen molar-refractivity contribution in [3.8, 4) is 0 Å². The number of aryl methyl sites for hydroxylation is 1. The number of aromatic nitrogens is 1. The van der Waals surface area contributed by atoms with Gasteiger partial charge in [-0.2, -0.15) is 0 Å². The fraction of sp³-hybridized carbons (Fsp3) is 0.130. The highest BCUT2D eigenvalue weighted by Gasteiger charge is 2.17. The fourth-order valence-electron chi connectivity index (χ4n) is 3.63. The Kier molecular flexibility index (Phi) is 4.74. The molecule has 0 aliphatic heterocycles. The predicted octanol–water partition coefficient (Wildman–Crippen LogP) is 6.55. The summed E-state index contributed by atoms with van der Waals surface area (Å²) in [6, 6.07) is 16.2. The molecule has 0 fully saturated rings. The van der Waals surface area contributed by atoms with E-state index in [2.05, 4.69) is 11.5 Å². The largest absolute Gasteiger partial charge is 0.341 e. The summed E-state index contributed by atoms with van der Waals surface area (Å²) in [7, 11) is 0. The van der Waals surface area contributed by atoms with Gasteiger partial charge in [-0.25, -0.2) is 0 Å². The van der Waals surface area contributed by atoms with E-state index in [-0.39, 0.29) is 11.6 Å². The first-order valence-corrected chi connectivity index (χ1v) is 9.73. The van der Waals surface area contributed by atoms with E-state index >= 15 is 0 Å². The first-order chi connectivity index (χ1) is 13.4.